The Hall–Kier alpha value is -1.73. The van der Waals surface area contributed by atoms with E-state index in [1.54, 1.807) is 52.7 Å². The third-order valence-corrected chi connectivity index (χ3v) is 8.41. The predicted octanol–water partition coefficient (Wildman–Crippen LogP) is 7.14. The van der Waals surface area contributed by atoms with Crippen molar-refractivity contribution in [2.75, 3.05) is 28.4 Å². The summed E-state index contributed by atoms with van der Waals surface area (Å²) in [5.41, 5.74) is 2.64. The topological polar surface area (TPSA) is 54.0 Å². The molecule has 2 aromatic carbocycles. The zero-order valence-corrected chi connectivity index (χ0v) is 23.1. The first-order valence-corrected chi connectivity index (χ1v) is 12.3. The van der Waals surface area contributed by atoms with Crippen LogP contribution in [0.25, 0.3) is 0 Å². The first-order valence-electron chi connectivity index (χ1n) is 10.5. The van der Waals surface area contributed by atoms with Crippen molar-refractivity contribution in [3.05, 3.63) is 46.5 Å². The molecule has 5 nitrogen and oxygen atoms in total. The maximum absolute atomic E-state index is 14.0. The van der Waals surface area contributed by atoms with Crippen LogP contribution in [0.5, 0.6) is 23.0 Å². The molecule has 0 amide bonds. The number of halogens is 2. The average Bonchev–Trinajstić information content (AvgIpc) is 2.80. The normalized spacial score (nSPS) is 13.1. The van der Waals surface area contributed by atoms with Crippen LogP contribution in [0.1, 0.15) is 64.4 Å². The molecule has 2 rings (SSSR count). The minimum Gasteiger partial charge on any atom is -0.493 e. The van der Waals surface area contributed by atoms with Crippen LogP contribution in [0.2, 0.25) is 0 Å². The van der Waals surface area contributed by atoms with Gasteiger partial charge in [0.05, 0.1) is 28.4 Å². The van der Waals surface area contributed by atoms with Crippen LogP contribution < -0.4 is 18.9 Å². The first-order chi connectivity index (χ1) is 15.1. The molecule has 0 spiro atoms. The Labute approximate surface area is 208 Å². The van der Waals surface area contributed by atoms with E-state index >= 15 is 0 Å². The van der Waals surface area contributed by atoms with Crippen molar-refractivity contribution in [3.63, 3.8) is 0 Å². The Bertz CT molecular complexity index is 880. The van der Waals surface area contributed by atoms with E-state index in [2.05, 4.69) is 59.6 Å². The summed E-state index contributed by atoms with van der Waals surface area (Å²) in [7, 11) is 6.36. The summed E-state index contributed by atoms with van der Waals surface area (Å²) in [6.07, 6.45) is 0. The number of methoxy groups -OCH3 is 4. The summed E-state index contributed by atoms with van der Waals surface area (Å²) in [4.78, 5) is 13.8. The number of carbonyl (C=O) groups excluding carboxylic acids is 1. The van der Waals surface area contributed by atoms with E-state index in [1.807, 2.05) is 0 Å². The Morgan fingerprint density at radius 3 is 1.25 bits per heavy atom. The van der Waals surface area contributed by atoms with Gasteiger partial charge in [0.15, 0.2) is 28.8 Å². The Kier molecular flexibility index (Phi) is 9.46. The van der Waals surface area contributed by atoms with Crippen LogP contribution in [0.3, 0.4) is 0 Å². The molecule has 2 unspecified atom stereocenters. The minimum atomic E-state index is -0.118. The number of hydrogen-bond acceptors (Lipinski definition) is 5. The van der Waals surface area contributed by atoms with Crippen molar-refractivity contribution in [1.82, 2.24) is 0 Å². The van der Waals surface area contributed by atoms with Gasteiger partial charge in [-0.05, 0) is 36.1 Å². The molecule has 0 aliphatic heterocycles. The van der Waals surface area contributed by atoms with Crippen molar-refractivity contribution < 1.29 is 23.7 Å². The van der Waals surface area contributed by atoms with Crippen molar-refractivity contribution in [2.24, 2.45) is 11.8 Å². The molecular formula is C25H32Br2O5. The monoisotopic (exact) mass is 570 g/mol. The average molecular weight is 572 g/mol. The van der Waals surface area contributed by atoms with E-state index in [0.717, 1.165) is 11.1 Å². The van der Waals surface area contributed by atoms with E-state index in [0.29, 0.717) is 34.1 Å². The predicted molar refractivity (Wildman–Crippen MR) is 136 cm³/mol. The molecule has 7 heteroatoms. The molecule has 0 aromatic heterocycles. The van der Waals surface area contributed by atoms with Crippen LogP contribution in [0.15, 0.2) is 24.3 Å². The third kappa shape index (κ3) is 5.09. The highest BCUT2D eigenvalue weighted by molar-refractivity contribution is 9.09. The summed E-state index contributed by atoms with van der Waals surface area (Å²) >= 11 is 7.55. The van der Waals surface area contributed by atoms with Crippen molar-refractivity contribution in [2.45, 2.75) is 37.3 Å². The molecule has 176 valence electrons. The van der Waals surface area contributed by atoms with E-state index in [9.17, 15) is 4.79 Å². The lowest BCUT2D eigenvalue weighted by Gasteiger charge is -2.25. The number of rotatable bonds is 10. The molecule has 0 heterocycles. The zero-order chi connectivity index (χ0) is 24.2. The smallest absolute Gasteiger partial charge is 0.193 e. The van der Waals surface area contributed by atoms with Gasteiger partial charge in [-0.25, -0.2) is 0 Å². The van der Waals surface area contributed by atoms with Crippen molar-refractivity contribution in [3.8, 4) is 23.0 Å². The highest BCUT2D eigenvalue weighted by Crippen LogP contribution is 2.47. The molecule has 0 aliphatic carbocycles. The maximum atomic E-state index is 14.0. The van der Waals surface area contributed by atoms with Crippen LogP contribution in [0, 0.1) is 11.8 Å². The highest BCUT2D eigenvalue weighted by atomic mass is 79.9. The van der Waals surface area contributed by atoms with Gasteiger partial charge in [-0.3, -0.25) is 4.79 Å². The fraction of sp³-hybridized carbons (Fsp3) is 0.480. The molecule has 0 N–H and O–H groups in total. The summed E-state index contributed by atoms with van der Waals surface area (Å²) in [6.45, 7) is 8.34. The number of ether oxygens (including phenoxy) is 4. The minimum absolute atomic E-state index is 0.111. The summed E-state index contributed by atoms with van der Waals surface area (Å²) < 4.78 is 22.4. The van der Waals surface area contributed by atoms with Gasteiger partial charge in [0.2, 0.25) is 0 Å². The van der Waals surface area contributed by atoms with Gasteiger partial charge < -0.3 is 18.9 Å². The van der Waals surface area contributed by atoms with Gasteiger partial charge in [-0.15, -0.1) is 0 Å². The Morgan fingerprint density at radius 2 is 1.00 bits per heavy atom. The molecule has 0 fully saturated rings. The first kappa shape index (κ1) is 26.5. The van der Waals surface area contributed by atoms with Gasteiger partial charge in [0, 0.05) is 31.9 Å². The zero-order valence-electron chi connectivity index (χ0n) is 19.9. The third-order valence-electron chi connectivity index (χ3n) is 5.38. The van der Waals surface area contributed by atoms with Crippen LogP contribution in [-0.2, 0) is 0 Å². The van der Waals surface area contributed by atoms with Gasteiger partial charge >= 0.3 is 0 Å². The van der Waals surface area contributed by atoms with Crippen LogP contribution in [0.4, 0.5) is 0 Å². The summed E-state index contributed by atoms with van der Waals surface area (Å²) in [5.74, 6) is 2.58. The molecule has 2 aromatic rings. The molecule has 0 saturated carbocycles. The maximum Gasteiger partial charge on any atom is 0.193 e. The lowest BCUT2D eigenvalue weighted by molar-refractivity contribution is 0.103. The molecule has 0 radical (unpaired) electrons. The van der Waals surface area contributed by atoms with Crippen molar-refractivity contribution in [1.29, 1.82) is 0 Å². The molecule has 0 saturated heterocycles. The molecule has 0 aliphatic rings. The molecule has 2 atom stereocenters. The number of benzene rings is 2. The van der Waals surface area contributed by atoms with Crippen LogP contribution in [-0.4, -0.2) is 34.2 Å². The second-order valence-corrected chi connectivity index (χ2v) is 10.1. The fourth-order valence-electron chi connectivity index (χ4n) is 3.66. The van der Waals surface area contributed by atoms with Crippen LogP contribution >= 0.6 is 31.9 Å². The molecule has 0 bridgehead atoms. The van der Waals surface area contributed by atoms with Gasteiger partial charge in [-0.2, -0.15) is 0 Å². The van der Waals surface area contributed by atoms with E-state index in [-0.39, 0.29) is 27.3 Å². The molecular weight excluding hydrogens is 540 g/mol. The standard InChI is InChI=1S/C25H32Br2O5/c1-13(2)21(26)19-15(9-11-17(29-5)24(19)31-7)23(28)16-10-12-18(30-6)25(32-8)20(16)22(27)14(3)4/h9-14,21-22H,1-8H3. The van der Waals surface area contributed by atoms with E-state index in [4.69, 9.17) is 18.9 Å². The molecule has 32 heavy (non-hydrogen) atoms. The van der Waals surface area contributed by atoms with Gasteiger partial charge in [0.25, 0.3) is 0 Å². The summed E-state index contributed by atoms with van der Waals surface area (Å²) in [6, 6.07) is 7.14. The summed E-state index contributed by atoms with van der Waals surface area (Å²) in [5, 5.41) is 0. The van der Waals surface area contributed by atoms with E-state index in [1.165, 1.54) is 0 Å². The Balaban J connectivity index is 2.86. The lowest BCUT2D eigenvalue weighted by Crippen LogP contribution is -2.15. The second-order valence-electron chi connectivity index (χ2n) is 8.15. The largest absolute Gasteiger partial charge is 0.493 e. The number of hydrogen-bond donors (Lipinski definition) is 0. The highest BCUT2D eigenvalue weighted by Gasteiger charge is 2.31. The quantitative estimate of drug-likeness (QED) is 0.224. The second kappa shape index (κ2) is 11.4. The van der Waals surface area contributed by atoms with Gasteiger partial charge in [0.1, 0.15) is 0 Å². The lowest BCUT2D eigenvalue weighted by atomic mass is 9.87. The van der Waals surface area contributed by atoms with Crippen molar-refractivity contribution >= 4 is 37.6 Å². The SMILES string of the molecule is COc1ccc(C(=O)c2ccc(OC)c(OC)c2C(Br)C(C)C)c(C(Br)C(C)C)c1OC. The van der Waals surface area contributed by atoms with E-state index < -0.39 is 0 Å². The number of carbonyl (C=O) groups is 1. The number of alkyl halides is 2. The Morgan fingerprint density at radius 1 is 0.656 bits per heavy atom. The number of ketones is 1. The van der Waals surface area contributed by atoms with Gasteiger partial charge in [-0.1, -0.05) is 59.6 Å². The fourth-order valence-corrected chi connectivity index (χ4v) is 4.57.